The molecule has 0 heterocycles. The average molecular weight is 280 g/mol. The van der Waals surface area contributed by atoms with Gasteiger partial charge in [0.2, 0.25) is 5.91 Å². The number of carbonyl (C=O) groups excluding carboxylic acids is 1. The van der Waals surface area contributed by atoms with Crippen molar-refractivity contribution in [1.82, 2.24) is 5.32 Å². The van der Waals surface area contributed by atoms with Crippen LogP contribution in [0.1, 0.15) is 25.7 Å². The molecule has 0 aromatic heterocycles. The van der Waals surface area contributed by atoms with E-state index < -0.39 is 0 Å². The van der Waals surface area contributed by atoms with Crippen molar-refractivity contribution in [2.45, 2.75) is 31.7 Å². The zero-order valence-corrected chi connectivity index (χ0v) is 11.5. The van der Waals surface area contributed by atoms with E-state index in [-0.39, 0.29) is 17.8 Å². The lowest BCUT2D eigenvalue weighted by Crippen LogP contribution is -2.38. The summed E-state index contributed by atoms with van der Waals surface area (Å²) in [5.41, 5.74) is 5.90. The lowest BCUT2D eigenvalue weighted by Gasteiger charge is -2.11. The van der Waals surface area contributed by atoms with Crippen molar-refractivity contribution in [2.75, 3.05) is 13.2 Å². The minimum Gasteiger partial charge on any atom is -0.494 e. The van der Waals surface area contributed by atoms with Crippen LogP contribution in [-0.2, 0) is 4.79 Å². The number of nitrogens with one attached hydrogen (secondary N) is 1. The van der Waals surface area contributed by atoms with Crippen LogP contribution in [0.4, 0.5) is 4.39 Å². The van der Waals surface area contributed by atoms with Gasteiger partial charge in [-0.1, -0.05) is 0 Å². The second kappa shape index (κ2) is 7.24. The molecule has 1 amide bonds. The summed E-state index contributed by atoms with van der Waals surface area (Å²) < 4.78 is 18.1. The maximum absolute atomic E-state index is 12.7. The molecular weight excluding hydrogens is 259 g/mol. The Morgan fingerprint density at radius 1 is 1.40 bits per heavy atom. The highest BCUT2D eigenvalue weighted by molar-refractivity contribution is 5.75. The van der Waals surface area contributed by atoms with Gasteiger partial charge in [-0.2, -0.15) is 0 Å². The molecule has 20 heavy (non-hydrogen) atoms. The molecule has 2 rings (SSSR count). The molecule has 1 saturated carbocycles. The van der Waals surface area contributed by atoms with Gasteiger partial charge in [0.15, 0.2) is 0 Å². The van der Waals surface area contributed by atoms with Crippen LogP contribution in [0.2, 0.25) is 0 Å². The molecule has 1 aliphatic carbocycles. The first kappa shape index (κ1) is 14.8. The van der Waals surface area contributed by atoms with Gasteiger partial charge in [-0.25, -0.2) is 4.39 Å². The maximum Gasteiger partial charge on any atom is 0.220 e. The van der Waals surface area contributed by atoms with Crippen LogP contribution in [0.25, 0.3) is 0 Å². The van der Waals surface area contributed by atoms with Crippen LogP contribution in [0.5, 0.6) is 5.75 Å². The van der Waals surface area contributed by atoms with E-state index in [1.165, 1.54) is 25.0 Å². The van der Waals surface area contributed by atoms with E-state index in [1.807, 2.05) is 0 Å². The van der Waals surface area contributed by atoms with Gasteiger partial charge in [-0.3, -0.25) is 4.79 Å². The van der Waals surface area contributed by atoms with E-state index in [4.69, 9.17) is 10.5 Å². The first-order valence-corrected chi connectivity index (χ1v) is 7.06. The quantitative estimate of drug-likeness (QED) is 0.714. The zero-order valence-electron chi connectivity index (χ0n) is 11.5. The van der Waals surface area contributed by atoms with Crippen molar-refractivity contribution >= 4 is 5.91 Å². The first-order chi connectivity index (χ1) is 9.65. The molecule has 4 nitrogen and oxygen atoms in total. The van der Waals surface area contributed by atoms with Gasteiger partial charge in [0, 0.05) is 19.0 Å². The summed E-state index contributed by atoms with van der Waals surface area (Å²) in [5, 5.41) is 2.84. The number of hydrogen-bond acceptors (Lipinski definition) is 3. The Kier molecular flexibility index (Phi) is 5.35. The first-order valence-electron chi connectivity index (χ1n) is 7.06. The van der Waals surface area contributed by atoms with Gasteiger partial charge in [0.25, 0.3) is 0 Å². The number of hydrogen-bond donors (Lipinski definition) is 2. The van der Waals surface area contributed by atoms with Crippen molar-refractivity contribution in [2.24, 2.45) is 11.7 Å². The Labute approximate surface area is 118 Å². The van der Waals surface area contributed by atoms with E-state index in [2.05, 4.69) is 5.32 Å². The summed E-state index contributed by atoms with van der Waals surface area (Å²) in [4.78, 5) is 11.6. The molecule has 5 heteroatoms. The monoisotopic (exact) mass is 280 g/mol. The lowest BCUT2D eigenvalue weighted by atomic mass is 10.2. The highest BCUT2D eigenvalue weighted by atomic mass is 19.1. The molecule has 0 bridgehead atoms. The van der Waals surface area contributed by atoms with Gasteiger partial charge < -0.3 is 15.8 Å². The maximum atomic E-state index is 12.7. The lowest BCUT2D eigenvalue weighted by molar-refractivity contribution is -0.121. The largest absolute Gasteiger partial charge is 0.494 e. The van der Waals surface area contributed by atoms with E-state index in [1.54, 1.807) is 12.1 Å². The zero-order chi connectivity index (χ0) is 14.4. The van der Waals surface area contributed by atoms with Crippen LogP contribution < -0.4 is 15.8 Å². The van der Waals surface area contributed by atoms with Crippen LogP contribution in [0, 0.1) is 11.7 Å². The predicted molar refractivity (Wildman–Crippen MR) is 74.8 cm³/mol. The van der Waals surface area contributed by atoms with E-state index in [0.717, 1.165) is 0 Å². The number of rotatable bonds is 8. The van der Waals surface area contributed by atoms with Gasteiger partial charge >= 0.3 is 0 Å². The SMILES string of the molecule is NC(CNC(=O)CCCOc1ccc(F)cc1)C1CC1. The number of ether oxygens (including phenoxy) is 1. The van der Waals surface area contributed by atoms with Crippen molar-refractivity contribution in [3.63, 3.8) is 0 Å². The van der Waals surface area contributed by atoms with Crippen LogP contribution in [-0.4, -0.2) is 25.1 Å². The average Bonchev–Trinajstić information content (AvgIpc) is 3.27. The fourth-order valence-corrected chi connectivity index (χ4v) is 1.96. The molecule has 1 unspecified atom stereocenters. The molecule has 1 aromatic rings. The number of nitrogens with two attached hydrogens (primary N) is 1. The third kappa shape index (κ3) is 5.17. The number of amides is 1. The van der Waals surface area contributed by atoms with Crippen LogP contribution in [0.15, 0.2) is 24.3 Å². The van der Waals surface area contributed by atoms with E-state index >= 15 is 0 Å². The van der Waals surface area contributed by atoms with Crippen molar-refractivity contribution in [3.8, 4) is 5.75 Å². The Morgan fingerprint density at radius 2 is 2.10 bits per heavy atom. The van der Waals surface area contributed by atoms with E-state index in [0.29, 0.717) is 37.7 Å². The fourth-order valence-electron chi connectivity index (χ4n) is 1.96. The smallest absolute Gasteiger partial charge is 0.220 e. The molecule has 110 valence electrons. The molecule has 0 saturated heterocycles. The highest BCUT2D eigenvalue weighted by Gasteiger charge is 2.28. The standard InChI is InChI=1S/C15H21FN2O2/c16-12-5-7-13(8-6-12)20-9-1-2-15(19)18-10-14(17)11-3-4-11/h5-8,11,14H,1-4,9-10,17H2,(H,18,19). The van der Waals surface area contributed by atoms with Gasteiger partial charge in [0.05, 0.1) is 6.61 Å². The molecule has 0 radical (unpaired) electrons. The summed E-state index contributed by atoms with van der Waals surface area (Å²) in [7, 11) is 0. The Hall–Kier alpha value is -1.62. The molecule has 0 spiro atoms. The minimum absolute atomic E-state index is 0.00352. The molecule has 1 fully saturated rings. The predicted octanol–water partition coefficient (Wildman–Crippen LogP) is 1.84. The second-order valence-corrected chi connectivity index (χ2v) is 5.21. The number of carbonyl (C=O) groups is 1. The van der Waals surface area contributed by atoms with Crippen molar-refractivity contribution in [3.05, 3.63) is 30.1 Å². The summed E-state index contributed by atoms with van der Waals surface area (Å²) in [5.74, 6) is 0.923. The van der Waals surface area contributed by atoms with Gasteiger partial charge in [0.1, 0.15) is 11.6 Å². The third-order valence-electron chi connectivity index (χ3n) is 3.39. The molecule has 3 N–H and O–H groups in total. The minimum atomic E-state index is -0.288. The molecule has 0 aliphatic heterocycles. The summed E-state index contributed by atoms with van der Waals surface area (Å²) in [6.45, 7) is 0.996. The number of halogens is 1. The summed E-state index contributed by atoms with van der Waals surface area (Å²) >= 11 is 0. The third-order valence-corrected chi connectivity index (χ3v) is 3.39. The van der Waals surface area contributed by atoms with Crippen molar-refractivity contribution in [1.29, 1.82) is 0 Å². The molecule has 1 atom stereocenters. The normalized spacial score (nSPS) is 15.7. The Bertz CT molecular complexity index is 432. The summed E-state index contributed by atoms with van der Waals surface area (Å²) in [6.07, 6.45) is 3.41. The van der Waals surface area contributed by atoms with Crippen LogP contribution >= 0.6 is 0 Å². The summed E-state index contributed by atoms with van der Waals surface area (Å²) in [6, 6.07) is 5.94. The van der Waals surface area contributed by atoms with Gasteiger partial charge in [-0.05, 0) is 49.4 Å². The second-order valence-electron chi connectivity index (χ2n) is 5.21. The van der Waals surface area contributed by atoms with Crippen molar-refractivity contribution < 1.29 is 13.9 Å². The van der Waals surface area contributed by atoms with Gasteiger partial charge in [-0.15, -0.1) is 0 Å². The Balaban J connectivity index is 1.53. The molecule has 1 aliphatic rings. The topological polar surface area (TPSA) is 64.3 Å². The Morgan fingerprint density at radius 3 is 2.75 bits per heavy atom. The highest BCUT2D eigenvalue weighted by Crippen LogP contribution is 2.31. The number of benzene rings is 1. The molecular formula is C15H21FN2O2. The van der Waals surface area contributed by atoms with Crippen LogP contribution in [0.3, 0.4) is 0 Å². The fraction of sp³-hybridized carbons (Fsp3) is 0.533. The van der Waals surface area contributed by atoms with E-state index in [9.17, 15) is 9.18 Å². The molecule has 1 aromatic carbocycles.